The Morgan fingerprint density at radius 1 is 1.14 bits per heavy atom. The average Bonchev–Trinajstić information content (AvgIpc) is 3.20. The van der Waals surface area contributed by atoms with Gasteiger partial charge in [-0.2, -0.15) is 0 Å². The minimum Gasteiger partial charge on any atom is -0.343 e. The summed E-state index contributed by atoms with van der Waals surface area (Å²) in [5, 5.41) is 0.720. The van der Waals surface area contributed by atoms with Crippen LogP contribution < -0.4 is 0 Å². The number of nitrogens with zero attached hydrogens (tertiary/aromatic N) is 2. The summed E-state index contributed by atoms with van der Waals surface area (Å²) in [5.74, 6) is 0.222. The third-order valence-electron chi connectivity index (χ3n) is 5.42. The molecule has 1 fully saturated rings. The molecule has 1 aliphatic heterocycles. The van der Waals surface area contributed by atoms with Gasteiger partial charge in [0.25, 0.3) is 0 Å². The standard InChI is InChI=1S/C23H27ClN2O2S/c1-16(2)25(3)23(28)18-12-14-26(15-13-18)22(27)11-9-20-8-10-21(29-20)17-4-6-19(24)7-5-17/h4-11,16,18H,12-15H2,1-3H3. The Morgan fingerprint density at radius 2 is 1.79 bits per heavy atom. The molecule has 2 heterocycles. The molecule has 0 aliphatic carbocycles. The quantitative estimate of drug-likeness (QED) is 0.612. The zero-order chi connectivity index (χ0) is 21.0. The van der Waals surface area contributed by atoms with Crippen LogP contribution in [0.1, 0.15) is 31.6 Å². The van der Waals surface area contributed by atoms with E-state index >= 15 is 0 Å². The van der Waals surface area contributed by atoms with Crippen molar-refractivity contribution in [2.24, 2.45) is 5.92 Å². The lowest BCUT2D eigenvalue weighted by molar-refractivity contribution is -0.139. The Labute approximate surface area is 181 Å². The van der Waals surface area contributed by atoms with Crippen LogP contribution in [-0.4, -0.2) is 47.8 Å². The Hall–Kier alpha value is -2.11. The lowest BCUT2D eigenvalue weighted by Gasteiger charge is -2.33. The molecule has 1 aromatic heterocycles. The van der Waals surface area contributed by atoms with E-state index < -0.39 is 0 Å². The fourth-order valence-corrected chi connectivity index (χ4v) is 4.40. The predicted octanol–water partition coefficient (Wildman–Crippen LogP) is 5.19. The maximum absolute atomic E-state index is 12.5. The summed E-state index contributed by atoms with van der Waals surface area (Å²) in [5.41, 5.74) is 1.11. The van der Waals surface area contributed by atoms with Crippen molar-refractivity contribution in [3.63, 3.8) is 0 Å². The normalized spacial score (nSPS) is 15.3. The van der Waals surface area contributed by atoms with Crippen LogP contribution in [0.3, 0.4) is 0 Å². The zero-order valence-electron chi connectivity index (χ0n) is 17.1. The first-order valence-corrected chi connectivity index (χ1v) is 11.1. The van der Waals surface area contributed by atoms with Crippen molar-refractivity contribution in [3.05, 3.63) is 52.4 Å². The summed E-state index contributed by atoms with van der Waals surface area (Å²) < 4.78 is 0. The van der Waals surface area contributed by atoms with Crippen LogP contribution in [0.15, 0.2) is 42.5 Å². The van der Waals surface area contributed by atoms with Crippen LogP contribution in [0.5, 0.6) is 0 Å². The van der Waals surface area contributed by atoms with Crippen LogP contribution >= 0.6 is 22.9 Å². The van der Waals surface area contributed by atoms with Crippen LogP contribution in [0.2, 0.25) is 5.02 Å². The lowest BCUT2D eigenvalue weighted by atomic mass is 9.95. The molecule has 0 atom stereocenters. The Balaban J connectivity index is 1.54. The predicted molar refractivity (Wildman–Crippen MR) is 121 cm³/mol. The van der Waals surface area contributed by atoms with E-state index in [-0.39, 0.29) is 23.8 Å². The van der Waals surface area contributed by atoms with Crippen molar-refractivity contribution in [1.82, 2.24) is 9.80 Å². The van der Waals surface area contributed by atoms with Crippen molar-refractivity contribution in [2.75, 3.05) is 20.1 Å². The fourth-order valence-electron chi connectivity index (χ4n) is 3.36. The van der Waals surface area contributed by atoms with E-state index in [0.717, 1.165) is 33.2 Å². The summed E-state index contributed by atoms with van der Waals surface area (Å²) in [4.78, 5) is 30.8. The van der Waals surface area contributed by atoms with Gasteiger partial charge in [-0.25, -0.2) is 0 Å². The second kappa shape index (κ2) is 9.59. The number of likely N-dealkylation sites (tertiary alicyclic amines) is 1. The highest BCUT2D eigenvalue weighted by atomic mass is 35.5. The summed E-state index contributed by atoms with van der Waals surface area (Å²) in [6.45, 7) is 5.30. The van der Waals surface area contributed by atoms with Gasteiger partial charge >= 0.3 is 0 Å². The molecule has 6 heteroatoms. The van der Waals surface area contributed by atoms with Gasteiger partial charge in [-0.05, 0) is 62.6 Å². The van der Waals surface area contributed by atoms with Gasteiger partial charge in [0.1, 0.15) is 0 Å². The molecule has 1 aromatic carbocycles. The number of piperidine rings is 1. The van der Waals surface area contributed by atoms with Crippen LogP contribution in [0.25, 0.3) is 16.5 Å². The average molecular weight is 431 g/mol. The van der Waals surface area contributed by atoms with E-state index in [0.29, 0.717) is 13.1 Å². The fraction of sp³-hybridized carbons (Fsp3) is 0.391. The van der Waals surface area contributed by atoms with Gasteiger partial charge in [0.15, 0.2) is 0 Å². The number of halogens is 1. The van der Waals surface area contributed by atoms with Gasteiger partial charge in [-0.1, -0.05) is 23.7 Å². The van der Waals surface area contributed by atoms with Gasteiger partial charge in [-0.15, -0.1) is 11.3 Å². The topological polar surface area (TPSA) is 40.6 Å². The molecule has 0 bridgehead atoms. The van der Waals surface area contributed by atoms with E-state index in [9.17, 15) is 9.59 Å². The molecule has 1 saturated heterocycles. The highest BCUT2D eigenvalue weighted by Crippen LogP contribution is 2.30. The molecule has 0 spiro atoms. The van der Waals surface area contributed by atoms with Crippen molar-refractivity contribution in [3.8, 4) is 10.4 Å². The van der Waals surface area contributed by atoms with Gasteiger partial charge < -0.3 is 9.80 Å². The van der Waals surface area contributed by atoms with E-state index in [1.807, 2.05) is 62.2 Å². The van der Waals surface area contributed by atoms with E-state index in [4.69, 9.17) is 11.6 Å². The summed E-state index contributed by atoms with van der Waals surface area (Å²) >= 11 is 7.59. The summed E-state index contributed by atoms with van der Waals surface area (Å²) in [6, 6.07) is 12.0. The minimum atomic E-state index is 0.00885. The molecule has 0 unspecified atom stereocenters. The summed E-state index contributed by atoms with van der Waals surface area (Å²) in [7, 11) is 1.85. The first kappa shape index (κ1) is 21.6. The zero-order valence-corrected chi connectivity index (χ0v) is 18.7. The highest BCUT2D eigenvalue weighted by Gasteiger charge is 2.29. The Morgan fingerprint density at radius 3 is 2.41 bits per heavy atom. The molecule has 154 valence electrons. The van der Waals surface area contributed by atoms with Gasteiger partial charge in [0, 0.05) is 52.9 Å². The van der Waals surface area contributed by atoms with Crippen molar-refractivity contribution in [1.29, 1.82) is 0 Å². The largest absolute Gasteiger partial charge is 0.343 e. The first-order valence-electron chi connectivity index (χ1n) is 9.94. The number of carbonyl (C=O) groups is 2. The van der Waals surface area contributed by atoms with E-state index in [1.165, 1.54) is 0 Å². The van der Waals surface area contributed by atoms with Crippen LogP contribution in [0.4, 0.5) is 0 Å². The van der Waals surface area contributed by atoms with E-state index in [1.54, 1.807) is 22.3 Å². The molecular formula is C23H27ClN2O2S. The number of thiophene rings is 1. The second-order valence-corrected chi connectivity index (χ2v) is 9.24. The third-order valence-corrected chi connectivity index (χ3v) is 6.78. The highest BCUT2D eigenvalue weighted by molar-refractivity contribution is 7.16. The number of hydrogen-bond donors (Lipinski definition) is 0. The number of hydrogen-bond acceptors (Lipinski definition) is 3. The maximum atomic E-state index is 12.5. The number of rotatable bonds is 5. The van der Waals surface area contributed by atoms with Crippen molar-refractivity contribution in [2.45, 2.75) is 32.7 Å². The molecule has 29 heavy (non-hydrogen) atoms. The SMILES string of the molecule is CC(C)N(C)C(=O)C1CCN(C(=O)C=Cc2ccc(-c3ccc(Cl)cc3)s2)CC1. The minimum absolute atomic E-state index is 0.00885. The summed E-state index contributed by atoms with van der Waals surface area (Å²) in [6.07, 6.45) is 4.97. The van der Waals surface area contributed by atoms with Gasteiger partial charge in [0.05, 0.1) is 0 Å². The second-order valence-electron chi connectivity index (χ2n) is 7.68. The molecule has 3 rings (SSSR count). The van der Waals surface area contributed by atoms with Crippen molar-refractivity contribution < 1.29 is 9.59 Å². The van der Waals surface area contributed by atoms with Crippen molar-refractivity contribution >= 4 is 40.8 Å². The number of amides is 2. The number of carbonyl (C=O) groups excluding carboxylic acids is 2. The maximum Gasteiger partial charge on any atom is 0.246 e. The van der Waals surface area contributed by atoms with E-state index in [2.05, 4.69) is 6.07 Å². The first-order chi connectivity index (χ1) is 13.8. The molecule has 4 nitrogen and oxygen atoms in total. The molecule has 0 radical (unpaired) electrons. The molecule has 0 N–H and O–H groups in total. The molecule has 2 amide bonds. The van der Waals surface area contributed by atoms with Crippen LogP contribution in [0, 0.1) is 5.92 Å². The van der Waals surface area contributed by atoms with Gasteiger partial charge in [-0.3, -0.25) is 9.59 Å². The Kier molecular flexibility index (Phi) is 7.14. The Bertz CT molecular complexity index is 881. The molecule has 1 aliphatic rings. The number of benzene rings is 1. The van der Waals surface area contributed by atoms with Crippen LogP contribution in [-0.2, 0) is 9.59 Å². The van der Waals surface area contributed by atoms with Gasteiger partial charge in [0.2, 0.25) is 11.8 Å². The molecule has 0 saturated carbocycles. The monoisotopic (exact) mass is 430 g/mol. The molecule has 2 aromatic rings. The molecular weight excluding hydrogens is 404 g/mol. The third kappa shape index (κ3) is 5.49. The lowest BCUT2D eigenvalue weighted by Crippen LogP contribution is -2.44. The smallest absolute Gasteiger partial charge is 0.246 e.